The molecule has 2 rings (SSSR count). The van der Waals surface area contributed by atoms with Crippen molar-refractivity contribution in [3.63, 3.8) is 0 Å². The third-order valence-electron chi connectivity index (χ3n) is 2.84. The van der Waals surface area contributed by atoms with Crippen LogP contribution in [0.25, 0.3) is 0 Å². The fraction of sp³-hybridized carbons (Fsp3) is 0.667. The molecule has 1 unspecified atom stereocenters. The van der Waals surface area contributed by atoms with E-state index in [4.69, 9.17) is 4.74 Å². The summed E-state index contributed by atoms with van der Waals surface area (Å²) in [4.78, 5) is 24.1. The van der Waals surface area contributed by atoms with E-state index in [1.165, 1.54) is 0 Å². The van der Waals surface area contributed by atoms with Crippen molar-refractivity contribution >= 4 is 12.4 Å². The van der Waals surface area contributed by atoms with Crippen LogP contribution in [0.15, 0.2) is 6.20 Å². The van der Waals surface area contributed by atoms with Crippen LogP contribution in [0.1, 0.15) is 43.7 Å². The molecule has 0 saturated carbocycles. The van der Waals surface area contributed by atoms with Crippen LogP contribution in [0, 0.1) is 0 Å². The first-order chi connectivity index (χ1) is 8.89. The number of hydrogen-bond donors (Lipinski definition) is 0. The number of likely N-dealkylation sites (tertiary alicyclic amines) is 1. The Morgan fingerprint density at radius 3 is 2.84 bits per heavy atom. The van der Waals surface area contributed by atoms with Gasteiger partial charge in [-0.3, -0.25) is 4.79 Å². The van der Waals surface area contributed by atoms with Crippen molar-refractivity contribution in [2.75, 3.05) is 13.1 Å². The molecule has 0 spiro atoms. The number of carbonyl (C=O) groups excluding carboxylic acids is 2. The zero-order valence-electron chi connectivity index (χ0n) is 11.4. The molecule has 1 aliphatic rings. The molecule has 104 valence electrons. The van der Waals surface area contributed by atoms with Gasteiger partial charge in [0, 0.05) is 13.1 Å². The summed E-state index contributed by atoms with van der Waals surface area (Å²) >= 11 is 0. The summed E-state index contributed by atoms with van der Waals surface area (Å²) in [7, 11) is 0. The number of ether oxygens (including phenoxy) is 1. The third kappa shape index (κ3) is 3.30. The Bertz CT molecular complexity index is 478. The van der Waals surface area contributed by atoms with Gasteiger partial charge in [-0.25, -0.2) is 9.48 Å². The minimum Gasteiger partial charge on any atom is -0.444 e. The Labute approximate surface area is 111 Å². The van der Waals surface area contributed by atoms with Crippen LogP contribution in [0.2, 0.25) is 0 Å². The van der Waals surface area contributed by atoms with E-state index in [2.05, 4.69) is 10.3 Å². The monoisotopic (exact) mass is 266 g/mol. The molecule has 1 amide bonds. The van der Waals surface area contributed by atoms with Gasteiger partial charge < -0.3 is 9.64 Å². The molecule has 1 atom stereocenters. The van der Waals surface area contributed by atoms with Gasteiger partial charge in [-0.05, 0) is 27.2 Å². The number of hydrogen-bond acceptors (Lipinski definition) is 5. The molecule has 2 heterocycles. The largest absolute Gasteiger partial charge is 0.444 e. The molecule has 0 aliphatic carbocycles. The lowest BCUT2D eigenvalue weighted by Crippen LogP contribution is -2.35. The maximum atomic E-state index is 11.9. The SMILES string of the molecule is CC(C)(C)OC(=O)N1CCC(n2cc(C=O)nn2)C1. The average molecular weight is 266 g/mol. The molecule has 0 N–H and O–H groups in total. The molecule has 1 aromatic rings. The molecule has 0 bridgehead atoms. The zero-order chi connectivity index (χ0) is 14.0. The van der Waals surface area contributed by atoms with E-state index in [9.17, 15) is 9.59 Å². The summed E-state index contributed by atoms with van der Waals surface area (Å²) in [5.74, 6) is 0. The van der Waals surface area contributed by atoms with Crippen molar-refractivity contribution in [1.82, 2.24) is 19.9 Å². The second-order valence-electron chi connectivity index (χ2n) is 5.61. The average Bonchev–Trinajstić information content (AvgIpc) is 2.95. The fourth-order valence-corrected chi connectivity index (χ4v) is 1.97. The molecule has 19 heavy (non-hydrogen) atoms. The second-order valence-corrected chi connectivity index (χ2v) is 5.61. The van der Waals surface area contributed by atoms with E-state index < -0.39 is 5.60 Å². The van der Waals surface area contributed by atoms with Gasteiger partial charge in [0.05, 0.1) is 12.2 Å². The Morgan fingerprint density at radius 2 is 2.26 bits per heavy atom. The maximum absolute atomic E-state index is 11.9. The predicted molar refractivity (Wildman–Crippen MR) is 66.9 cm³/mol. The van der Waals surface area contributed by atoms with Crippen molar-refractivity contribution in [2.24, 2.45) is 0 Å². The Kier molecular flexibility index (Phi) is 3.55. The lowest BCUT2D eigenvalue weighted by Gasteiger charge is -2.24. The summed E-state index contributed by atoms with van der Waals surface area (Å²) in [6, 6.07) is 0.0497. The highest BCUT2D eigenvalue weighted by Crippen LogP contribution is 2.22. The van der Waals surface area contributed by atoms with Gasteiger partial charge in [0.1, 0.15) is 11.3 Å². The second kappa shape index (κ2) is 4.99. The van der Waals surface area contributed by atoms with Crippen LogP contribution in [0.3, 0.4) is 0 Å². The highest BCUT2D eigenvalue weighted by molar-refractivity contribution is 5.70. The molecular formula is C12H18N4O3. The Balaban J connectivity index is 1.96. The molecule has 1 aliphatic heterocycles. The van der Waals surface area contributed by atoms with Gasteiger partial charge in [0.2, 0.25) is 0 Å². The van der Waals surface area contributed by atoms with Crippen LogP contribution in [0.4, 0.5) is 4.79 Å². The van der Waals surface area contributed by atoms with Gasteiger partial charge in [-0.1, -0.05) is 5.21 Å². The molecule has 1 aromatic heterocycles. The van der Waals surface area contributed by atoms with Crippen LogP contribution in [0.5, 0.6) is 0 Å². The first kappa shape index (κ1) is 13.5. The molecule has 7 nitrogen and oxygen atoms in total. The van der Waals surface area contributed by atoms with Gasteiger partial charge in [-0.2, -0.15) is 0 Å². The summed E-state index contributed by atoms with van der Waals surface area (Å²) in [6.07, 6.45) is 2.71. The van der Waals surface area contributed by atoms with Crippen LogP contribution in [-0.2, 0) is 4.74 Å². The molecule has 1 saturated heterocycles. The topological polar surface area (TPSA) is 77.3 Å². The van der Waals surface area contributed by atoms with Crippen LogP contribution >= 0.6 is 0 Å². The summed E-state index contributed by atoms with van der Waals surface area (Å²) in [6.45, 7) is 6.66. The summed E-state index contributed by atoms with van der Waals surface area (Å²) in [5.41, 5.74) is -0.191. The minimum absolute atomic E-state index is 0.0497. The molecule has 0 aromatic carbocycles. The van der Waals surface area contributed by atoms with Gasteiger partial charge in [-0.15, -0.1) is 5.10 Å². The minimum atomic E-state index is -0.493. The molecule has 7 heteroatoms. The lowest BCUT2D eigenvalue weighted by molar-refractivity contribution is 0.0288. The standard InChI is InChI=1S/C12H18N4O3/c1-12(2,3)19-11(18)15-5-4-10(7-15)16-6-9(8-17)13-14-16/h6,8,10H,4-5,7H2,1-3H3. The molecule has 1 fully saturated rings. The lowest BCUT2D eigenvalue weighted by atomic mass is 10.2. The van der Waals surface area contributed by atoms with E-state index in [1.807, 2.05) is 20.8 Å². The smallest absolute Gasteiger partial charge is 0.410 e. The highest BCUT2D eigenvalue weighted by atomic mass is 16.6. The molecular weight excluding hydrogens is 248 g/mol. The fourth-order valence-electron chi connectivity index (χ4n) is 1.97. The van der Waals surface area contributed by atoms with E-state index in [-0.39, 0.29) is 12.1 Å². The van der Waals surface area contributed by atoms with Crippen LogP contribution in [-0.4, -0.2) is 51.0 Å². The first-order valence-corrected chi connectivity index (χ1v) is 6.24. The Morgan fingerprint density at radius 1 is 1.53 bits per heavy atom. The highest BCUT2D eigenvalue weighted by Gasteiger charge is 2.31. The van der Waals surface area contributed by atoms with Gasteiger partial charge >= 0.3 is 6.09 Å². The number of rotatable bonds is 2. The quantitative estimate of drug-likeness (QED) is 0.753. The van der Waals surface area contributed by atoms with E-state index >= 15 is 0 Å². The number of aldehydes is 1. The summed E-state index contributed by atoms with van der Waals surface area (Å²) < 4.78 is 6.95. The maximum Gasteiger partial charge on any atom is 0.410 e. The zero-order valence-corrected chi connectivity index (χ0v) is 11.4. The number of amides is 1. The van der Waals surface area contributed by atoms with Crippen molar-refractivity contribution in [3.05, 3.63) is 11.9 Å². The van der Waals surface area contributed by atoms with E-state index in [1.54, 1.807) is 15.8 Å². The van der Waals surface area contributed by atoms with Crippen molar-refractivity contribution in [3.8, 4) is 0 Å². The predicted octanol–water partition coefficient (Wildman–Crippen LogP) is 1.27. The van der Waals surface area contributed by atoms with Crippen molar-refractivity contribution in [2.45, 2.75) is 38.8 Å². The van der Waals surface area contributed by atoms with Gasteiger partial charge in [0.25, 0.3) is 0 Å². The third-order valence-corrected chi connectivity index (χ3v) is 2.84. The van der Waals surface area contributed by atoms with E-state index in [0.29, 0.717) is 25.1 Å². The molecule has 0 radical (unpaired) electrons. The van der Waals surface area contributed by atoms with Crippen molar-refractivity contribution < 1.29 is 14.3 Å². The summed E-state index contributed by atoms with van der Waals surface area (Å²) in [5, 5.41) is 7.61. The van der Waals surface area contributed by atoms with E-state index in [0.717, 1.165) is 6.42 Å². The normalized spacial score (nSPS) is 19.5. The first-order valence-electron chi connectivity index (χ1n) is 6.24. The Hall–Kier alpha value is -1.92. The number of nitrogens with zero attached hydrogens (tertiary/aromatic N) is 4. The van der Waals surface area contributed by atoms with Crippen molar-refractivity contribution in [1.29, 1.82) is 0 Å². The van der Waals surface area contributed by atoms with Gasteiger partial charge in [0.15, 0.2) is 6.29 Å². The van der Waals surface area contributed by atoms with Crippen LogP contribution < -0.4 is 0 Å². The number of aromatic nitrogens is 3. The number of carbonyl (C=O) groups is 2.